The van der Waals surface area contributed by atoms with Crippen LogP contribution in [-0.2, 0) is 9.53 Å². The largest absolute Gasteiger partial charge is 0.466 e. The van der Waals surface area contributed by atoms with Gasteiger partial charge >= 0.3 is 5.97 Å². The highest BCUT2D eigenvalue weighted by molar-refractivity contribution is 5.85. The Morgan fingerprint density at radius 1 is 1.14 bits per heavy atom. The highest BCUT2D eigenvalue weighted by Crippen LogP contribution is 2.16. The average Bonchev–Trinajstić information content (AvgIpc) is 2.12. The molecule has 0 bridgehead atoms. The molecule has 0 aromatic heterocycles. The maximum atomic E-state index is 11.4. The first-order chi connectivity index (χ1) is 6.26. The van der Waals surface area contributed by atoms with E-state index in [1.165, 1.54) is 0 Å². The Bertz CT molecular complexity index is 137. The van der Waals surface area contributed by atoms with Crippen LogP contribution in [0.15, 0.2) is 0 Å². The number of esters is 1. The second kappa shape index (κ2) is 10.8. The molecule has 0 fully saturated rings. The van der Waals surface area contributed by atoms with Crippen LogP contribution in [0.5, 0.6) is 0 Å². The molecule has 0 saturated heterocycles. The lowest BCUT2D eigenvalue weighted by Crippen LogP contribution is -2.17. The third-order valence-corrected chi connectivity index (χ3v) is 2.16. The first-order valence-corrected chi connectivity index (χ1v) is 5.42. The molecule has 0 N–H and O–H groups in total. The van der Waals surface area contributed by atoms with Crippen molar-refractivity contribution in [3.63, 3.8) is 0 Å². The predicted octanol–water partition coefficient (Wildman–Crippen LogP) is 3.58. The molecule has 14 heavy (non-hydrogen) atoms. The number of ether oxygens (including phenoxy) is 1. The maximum absolute atomic E-state index is 11.4. The molecule has 0 aromatic rings. The van der Waals surface area contributed by atoms with E-state index in [1.54, 1.807) is 0 Å². The van der Waals surface area contributed by atoms with E-state index in [0.717, 1.165) is 32.1 Å². The van der Waals surface area contributed by atoms with Gasteiger partial charge in [-0.15, -0.1) is 12.4 Å². The second-order valence-electron chi connectivity index (χ2n) is 3.38. The summed E-state index contributed by atoms with van der Waals surface area (Å²) in [7, 11) is 0. The second-order valence-corrected chi connectivity index (χ2v) is 3.38. The van der Waals surface area contributed by atoms with E-state index in [4.69, 9.17) is 4.74 Å². The molecule has 3 heteroatoms. The van der Waals surface area contributed by atoms with E-state index in [-0.39, 0.29) is 24.3 Å². The fourth-order valence-corrected chi connectivity index (χ4v) is 1.44. The van der Waals surface area contributed by atoms with E-state index >= 15 is 0 Å². The van der Waals surface area contributed by atoms with Crippen molar-refractivity contribution in [3.05, 3.63) is 0 Å². The van der Waals surface area contributed by atoms with Crippen LogP contribution < -0.4 is 0 Å². The van der Waals surface area contributed by atoms with Gasteiger partial charge in [0.15, 0.2) is 0 Å². The van der Waals surface area contributed by atoms with Crippen molar-refractivity contribution in [2.75, 3.05) is 6.61 Å². The summed E-state index contributed by atoms with van der Waals surface area (Å²) in [5, 5.41) is 0. The summed E-state index contributed by atoms with van der Waals surface area (Å²) >= 11 is 0. The Kier molecular flexibility index (Phi) is 12.5. The predicted molar refractivity (Wildman–Crippen MR) is 61.8 cm³/mol. The monoisotopic (exact) mass is 222 g/mol. The van der Waals surface area contributed by atoms with Gasteiger partial charge in [-0.3, -0.25) is 4.79 Å². The Balaban J connectivity index is 0. The van der Waals surface area contributed by atoms with Gasteiger partial charge in [-0.2, -0.15) is 0 Å². The number of rotatable bonds is 7. The van der Waals surface area contributed by atoms with E-state index in [1.807, 2.05) is 6.92 Å². The third kappa shape index (κ3) is 7.19. The van der Waals surface area contributed by atoms with Crippen LogP contribution in [0.1, 0.15) is 52.9 Å². The minimum absolute atomic E-state index is 0. The molecule has 0 heterocycles. The molecule has 2 nitrogen and oxygen atoms in total. The van der Waals surface area contributed by atoms with Crippen LogP contribution in [0.25, 0.3) is 0 Å². The Morgan fingerprint density at radius 2 is 1.79 bits per heavy atom. The third-order valence-electron chi connectivity index (χ3n) is 2.16. The lowest BCUT2D eigenvalue weighted by atomic mass is 9.97. The van der Waals surface area contributed by atoms with Gasteiger partial charge < -0.3 is 4.74 Å². The quantitative estimate of drug-likeness (QED) is 0.616. The van der Waals surface area contributed by atoms with Gasteiger partial charge in [0, 0.05) is 0 Å². The first-order valence-electron chi connectivity index (χ1n) is 5.42. The average molecular weight is 223 g/mol. The van der Waals surface area contributed by atoms with Crippen LogP contribution in [-0.4, -0.2) is 12.6 Å². The van der Waals surface area contributed by atoms with Crippen LogP contribution in [0.4, 0.5) is 0 Å². The van der Waals surface area contributed by atoms with Crippen LogP contribution in [0.3, 0.4) is 0 Å². The van der Waals surface area contributed by atoms with E-state index in [9.17, 15) is 4.79 Å². The normalized spacial score (nSPS) is 11.6. The molecule has 0 aliphatic carbocycles. The summed E-state index contributed by atoms with van der Waals surface area (Å²) in [6.45, 7) is 6.62. The molecule has 0 spiro atoms. The van der Waals surface area contributed by atoms with Crippen LogP contribution in [0, 0.1) is 5.92 Å². The molecule has 0 saturated carbocycles. The van der Waals surface area contributed by atoms with Crippen LogP contribution in [0.2, 0.25) is 0 Å². The zero-order valence-corrected chi connectivity index (χ0v) is 10.4. The highest BCUT2D eigenvalue weighted by atomic mass is 35.5. The number of unbranched alkanes of at least 4 members (excludes halogenated alkanes) is 1. The molecule has 0 aromatic carbocycles. The molecule has 0 amide bonds. The first kappa shape index (κ1) is 16.2. The van der Waals surface area contributed by atoms with Crippen molar-refractivity contribution in [2.24, 2.45) is 5.92 Å². The van der Waals surface area contributed by atoms with Crippen molar-refractivity contribution >= 4 is 18.4 Å². The van der Waals surface area contributed by atoms with Crippen molar-refractivity contribution < 1.29 is 9.53 Å². The molecule has 86 valence electrons. The fourth-order valence-electron chi connectivity index (χ4n) is 1.44. The van der Waals surface area contributed by atoms with Crippen molar-refractivity contribution in [2.45, 2.75) is 52.9 Å². The van der Waals surface area contributed by atoms with E-state index in [2.05, 4.69) is 13.8 Å². The van der Waals surface area contributed by atoms with Gasteiger partial charge in [-0.25, -0.2) is 0 Å². The molecule has 1 unspecified atom stereocenters. The summed E-state index contributed by atoms with van der Waals surface area (Å²) in [6.07, 6.45) is 5.30. The summed E-state index contributed by atoms with van der Waals surface area (Å²) in [5.74, 6) is 0.141. The summed E-state index contributed by atoms with van der Waals surface area (Å²) in [4.78, 5) is 11.4. The van der Waals surface area contributed by atoms with E-state index < -0.39 is 0 Å². The number of hydrogen-bond acceptors (Lipinski definition) is 2. The van der Waals surface area contributed by atoms with Gasteiger partial charge in [0.05, 0.1) is 12.5 Å². The lowest BCUT2D eigenvalue weighted by molar-refractivity contribution is -0.148. The van der Waals surface area contributed by atoms with Crippen molar-refractivity contribution in [3.8, 4) is 0 Å². The minimum atomic E-state index is -0.00204. The van der Waals surface area contributed by atoms with E-state index in [0.29, 0.717) is 6.61 Å². The van der Waals surface area contributed by atoms with Gasteiger partial charge in [0.1, 0.15) is 0 Å². The summed E-state index contributed by atoms with van der Waals surface area (Å²) < 4.78 is 5.01. The van der Waals surface area contributed by atoms with Crippen molar-refractivity contribution in [1.82, 2.24) is 0 Å². The minimum Gasteiger partial charge on any atom is -0.466 e. The maximum Gasteiger partial charge on any atom is 0.308 e. The van der Waals surface area contributed by atoms with Gasteiger partial charge in [-0.05, 0) is 19.8 Å². The number of carbonyl (C=O) groups excluding carboxylic acids is 1. The molecular weight excluding hydrogens is 200 g/mol. The van der Waals surface area contributed by atoms with Crippen LogP contribution >= 0.6 is 12.4 Å². The molecule has 0 rings (SSSR count). The van der Waals surface area contributed by atoms with Gasteiger partial charge in [0.25, 0.3) is 0 Å². The SMILES string of the molecule is CCCCC(CCC)C(=O)OCC.Cl. The Hall–Kier alpha value is -0.240. The molecule has 0 radical (unpaired) electrons. The van der Waals surface area contributed by atoms with Gasteiger partial charge in [0.2, 0.25) is 0 Å². The van der Waals surface area contributed by atoms with Crippen molar-refractivity contribution in [1.29, 1.82) is 0 Å². The number of halogens is 1. The molecule has 1 atom stereocenters. The standard InChI is InChI=1S/C11H22O2.ClH/c1-4-7-9-10(8-5-2)11(12)13-6-3;/h10H,4-9H2,1-3H3;1H. The molecule has 0 aliphatic heterocycles. The fraction of sp³-hybridized carbons (Fsp3) is 0.909. The smallest absolute Gasteiger partial charge is 0.308 e. The van der Waals surface area contributed by atoms with Gasteiger partial charge in [-0.1, -0.05) is 33.1 Å². The lowest BCUT2D eigenvalue weighted by Gasteiger charge is -2.13. The Morgan fingerprint density at radius 3 is 2.21 bits per heavy atom. The number of hydrogen-bond donors (Lipinski definition) is 0. The molecular formula is C11H23ClO2. The number of carbonyl (C=O) groups is 1. The topological polar surface area (TPSA) is 26.3 Å². The summed E-state index contributed by atoms with van der Waals surface area (Å²) in [6, 6.07) is 0. The summed E-state index contributed by atoms with van der Waals surface area (Å²) in [5.41, 5.74) is 0. The molecule has 0 aliphatic rings. The zero-order valence-electron chi connectivity index (χ0n) is 9.54. The zero-order chi connectivity index (χ0) is 10.1. The Labute approximate surface area is 93.8 Å². The highest BCUT2D eigenvalue weighted by Gasteiger charge is 2.17.